The Hall–Kier alpha value is -1.06. The molecule has 0 radical (unpaired) electrons. The zero-order valence-electron chi connectivity index (χ0n) is 9.83. The van der Waals surface area contributed by atoms with Crippen LogP contribution in [-0.2, 0) is 5.54 Å². The van der Waals surface area contributed by atoms with Gasteiger partial charge in [-0.1, -0.05) is 12.1 Å². The first kappa shape index (κ1) is 12.0. The van der Waals surface area contributed by atoms with E-state index in [1.165, 1.54) is 0 Å². The molecule has 0 amide bonds. The monoisotopic (exact) mass is 207 g/mol. The summed E-state index contributed by atoms with van der Waals surface area (Å²) in [7, 11) is 4.11. The molecule has 0 fully saturated rings. The molecule has 0 heterocycles. The van der Waals surface area contributed by atoms with Crippen molar-refractivity contribution in [3.8, 4) is 0 Å². The van der Waals surface area contributed by atoms with Gasteiger partial charge >= 0.3 is 0 Å². The first-order valence-corrected chi connectivity index (χ1v) is 5.21. The molecule has 3 nitrogen and oxygen atoms in total. The van der Waals surface area contributed by atoms with E-state index in [1.807, 2.05) is 24.3 Å². The molecule has 1 rings (SSSR count). The Balaban J connectivity index is 2.72. The minimum Gasteiger partial charge on any atom is -0.399 e. The summed E-state index contributed by atoms with van der Waals surface area (Å²) in [6.07, 6.45) is 0.934. The second-order valence-electron chi connectivity index (χ2n) is 4.59. The lowest BCUT2D eigenvalue weighted by atomic mass is 9.89. The van der Waals surface area contributed by atoms with E-state index in [0.717, 1.165) is 24.2 Å². The molecule has 84 valence electrons. The second kappa shape index (κ2) is 4.64. The molecular formula is C12H21N3. The van der Waals surface area contributed by atoms with E-state index in [1.54, 1.807) is 0 Å². The number of hydrogen-bond donors (Lipinski definition) is 2. The Morgan fingerprint density at radius 2 is 1.73 bits per heavy atom. The van der Waals surface area contributed by atoms with Gasteiger partial charge in [0.2, 0.25) is 0 Å². The van der Waals surface area contributed by atoms with Crippen LogP contribution in [0.1, 0.15) is 18.9 Å². The number of benzene rings is 1. The molecule has 4 N–H and O–H groups in total. The van der Waals surface area contributed by atoms with Gasteiger partial charge in [0, 0.05) is 11.2 Å². The first-order valence-electron chi connectivity index (χ1n) is 5.21. The van der Waals surface area contributed by atoms with E-state index >= 15 is 0 Å². The van der Waals surface area contributed by atoms with Crippen molar-refractivity contribution >= 4 is 5.69 Å². The summed E-state index contributed by atoms with van der Waals surface area (Å²) in [5.41, 5.74) is 13.5. The Morgan fingerprint density at radius 3 is 2.20 bits per heavy atom. The Kier molecular flexibility index (Phi) is 3.72. The van der Waals surface area contributed by atoms with Crippen molar-refractivity contribution in [3.63, 3.8) is 0 Å². The smallest absolute Gasteiger partial charge is 0.0393 e. The van der Waals surface area contributed by atoms with Crippen LogP contribution in [0.25, 0.3) is 0 Å². The molecule has 1 aromatic rings. The minimum absolute atomic E-state index is 0.280. The molecule has 1 unspecified atom stereocenters. The van der Waals surface area contributed by atoms with Crippen molar-refractivity contribution in [3.05, 3.63) is 29.8 Å². The third-order valence-corrected chi connectivity index (χ3v) is 2.65. The van der Waals surface area contributed by atoms with Crippen LogP contribution >= 0.6 is 0 Å². The molecule has 0 aromatic heterocycles. The molecule has 15 heavy (non-hydrogen) atoms. The average molecular weight is 207 g/mol. The first-order chi connectivity index (χ1) is 6.92. The van der Waals surface area contributed by atoms with Gasteiger partial charge in [-0.3, -0.25) is 0 Å². The van der Waals surface area contributed by atoms with Crippen LogP contribution in [0.15, 0.2) is 24.3 Å². The Morgan fingerprint density at radius 1 is 1.20 bits per heavy atom. The number of hydrogen-bond acceptors (Lipinski definition) is 3. The maximum atomic E-state index is 6.27. The van der Waals surface area contributed by atoms with E-state index in [-0.39, 0.29) is 5.54 Å². The van der Waals surface area contributed by atoms with Gasteiger partial charge in [0.15, 0.2) is 0 Å². The highest BCUT2D eigenvalue weighted by Crippen LogP contribution is 2.22. The van der Waals surface area contributed by atoms with Gasteiger partial charge in [0.1, 0.15) is 0 Å². The third-order valence-electron chi connectivity index (χ3n) is 2.65. The Labute approximate surface area is 92.1 Å². The van der Waals surface area contributed by atoms with Gasteiger partial charge in [-0.25, -0.2) is 0 Å². The molecule has 1 aromatic carbocycles. The predicted octanol–water partition coefficient (Wildman–Crippen LogP) is 1.39. The fraction of sp³-hybridized carbons (Fsp3) is 0.500. The van der Waals surface area contributed by atoms with E-state index in [9.17, 15) is 0 Å². The summed E-state index contributed by atoms with van der Waals surface area (Å²) < 4.78 is 0. The van der Waals surface area contributed by atoms with Gasteiger partial charge in [-0.2, -0.15) is 0 Å². The van der Waals surface area contributed by atoms with Crippen LogP contribution in [0.2, 0.25) is 0 Å². The van der Waals surface area contributed by atoms with E-state index in [0.29, 0.717) is 0 Å². The van der Waals surface area contributed by atoms with Gasteiger partial charge in [-0.05, 0) is 51.7 Å². The van der Waals surface area contributed by atoms with Crippen LogP contribution in [0.4, 0.5) is 5.69 Å². The lowest BCUT2D eigenvalue weighted by molar-refractivity contribution is 0.333. The lowest BCUT2D eigenvalue weighted by Gasteiger charge is -2.27. The molecule has 0 spiro atoms. The van der Waals surface area contributed by atoms with E-state index in [4.69, 9.17) is 11.5 Å². The summed E-state index contributed by atoms with van der Waals surface area (Å²) in [4.78, 5) is 2.14. The van der Waals surface area contributed by atoms with Crippen molar-refractivity contribution < 1.29 is 0 Å². The number of nitrogen functional groups attached to an aromatic ring is 1. The van der Waals surface area contributed by atoms with Crippen LogP contribution in [0, 0.1) is 0 Å². The molecule has 0 saturated heterocycles. The highest BCUT2D eigenvalue weighted by Gasteiger charge is 2.20. The standard InChI is InChI=1S/C12H21N3/c1-12(14,8-9-15(2)3)10-4-6-11(13)7-5-10/h4-7H,8-9,13-14H2,1-3H3. The zero-order chi connectivity index (χ0) is 11.5. The van der Waals surface area contributed by atoms with Crippen molar-refractivity contribution in [1.29, 1.82) is 0 Å². The van der Waals surface area contributed by atoms with E-state index < -0.39 is 0 Å². The van der Waals surface area contributed by atoms with Crippen LogP contribution < -0.4 is 11.5 Å². The quantitative estimate of drug-likeness (QED) is 0.734. The van der Waals surface area contributed by atoms with Gasteiger partial charge in [-0.15, -0.1) is 0 Å². The van der Waals surface area contributed by atoms with Gasteiger partial charge in [0.05, 0.1) is 0 Å². The fourth-order valence-corrected chi connectivity index (χ4v) is 1.46. The number of nitrogens with two attached hydrogens (primary N) is 2. The average Bonchev–Trinajstić information content (AvgIpc) is 2.16. The number of nitrogens with zero attached hydrogens (tertiary/aromatic N) is 1. The van der Waals surface area contributed by atoms with Crippen molar-refractivity contribution in [1.82, 2.24) is 4.90 Å². The molecule has 3 heteroatoms. The highest BCUT2D eigenvalue weighted by atomic mass is 15.1. The summed E-state index contributed by atoms with van der Waals surface area (Å²) in [6.45, 7) is 3.04. The molecule has 0 aliphatic heterocycles. The molecule has 0 aliphatic carbocycles. The van der Waals surface area contributed by atoms with Crippen LogP contribution in [0.5, 0.6) is 0 Å². The summed E-state index contributed by atoms with van der Waals surface area (Å²) >= 11 is 0. The predicted molar refractivity (Wildman–Crippen MR) is 65.6 cm³/mol. The molecule has 1 atom stereocenters. The largest absolute Gasteiger partial charge is 0.399 e. The highest BCUT2D eigenvalue weighted by molar-refractivity contribution is 5.41. The molecule has 0 aliphatic rings. The maximum Gasteiger partial charge on any atom is 0.0393 e. The van der Waals surface area contributed by atoms with Crippen molar-refractivity contribution in [2.75, 3.05) is 26.4 Å². The van der Waals surface area contributed by atoms with Crippen LogP contribution in [0.3, 0.4) is 0 Å². The number of rotatable bonds is 4. The Bertz CT molecular complexity index is 301. The molecule has 0 bridgehead atoms. The zero-order valence-corrected chi connectivity index (χ0v) is 9.83. The molecular weight excluding hydrogens is 186 g/mol. The van der Waals surface area contributed by atoms with E-state index in [2.05, 4.69) is 25.9 Å². The minimum atomic E-state index is -0.280. The SMILES string of the molecule is CN(C)CCC(C)(N)c1ccc(N)cc1. The second-order valence-corrected chi connectivity index (χ2v) is 4.59. The summed E-state index contributed by atoms with van der Waals surface area (Å²) in [6, 6.07) is 7.81. The maximum absolute atomic E-state index is 6.27. The summed E-state index contributed by atoms with van der Waals surface area (Å²) in [5.74, 6) is 0. The lowest BCUT2D eigenvalue weighted by Crippen LogP contribution is -2.36. The van der Waals surface area contributed by atoms with Gasteiger partial charge < -0.3 is 16.4 Å². The normalized spacial score (nSPS) is 15.3. The van der Waals surface area contributed by atoms with Gasteiger partial charge in [0.25, 0.3) is 0 Å². The summed E-state index contributed by atoms with van der Waals surface area (Å²) in [5, 5.41) is 0. The van der Waals surface area contributed by atoms with Crippen molar-refractivity contribution in [2.45, 2.75) is 18.9 Å². The topological polar surface area (TPSA) is 55.3 Å². The van der Waals surface area contributed by atoms with Crippen molar-refractivity contribution in [2.24, 2.45) is 5.73 Å². The number of anilines is 1. The van der Waals surface area contributed by atoms with Crippen LogP contribution in [-0.4, -0.2) is 25.5 Å². The molecule has 0 saturated carbocycles. The third kappa shape index (κ3) is 3.53. The fourth-order valence-electron chi connectivity index (χ4n) is 1.46.